The van der Waals surface area contributed by atoms with Gasteiger partial charge in [0.05, 0.1) is 83.8 Å². The number of nitrogens with one attached hydrogen (secondary N) is 4. The Kier molecular flexibility index (Phi) is 40.1. The molecule has 11 rings (SSSR count). The van der Waals surface area contributed by atoms with Crippen LogP contribution in [0.1, 0.15) is 48.0 Å². The molecule has 56 atom stereocenters. The third-order valence-corrected chi connectivity index (χ3v) is 25.5. The third-order valence-electron chi connectivity index (χ3n) is 25.5. The first-order chi connectivity index (χ1) is 65.0. The number of aliphatic hydroxyl groups excluding tert-OH is 30. The summed E-state index contributed by atoms with van der Waals surface area (Å²) in [7, 11) is 0. The highest BCUT2D eigenvalue weighted by molar-refractivity contribution is 5.77. The maximum Gasteiger partial charge on any atom is 0.364 e. The van der Waals surface area contributed by atoms with Crippen LogP contribution in [0.5, 0.6) is 0 Å². The van der Waals surface area contributed by atoms with Crippen LogP contribution in [0.25, 0.3) is 0 Å². The van der Waals surface area contributed by atoms with Gasteiger partial charge in [0, 0.05) is 34.1 Å². The van der Waals surface area contributed by atoms with Crippen molar-refractivity contribution in [2.45, 2.75) is 391 Å². The Morgan fingerprint density at radius 2 is 0.645 bits per heavy atom. The van der Waals surface area contributed by atoms with Crippen molar-refractivity contribution in [3.05, 3.63) is 0 Å². The highest BCUT2D eigenvalue weighted by Gasteiger charge is 2.64. The van der Waals surface area contributed by atoms with Gasteiger partial charge >= 0.3 is 5.97 Å². The van der Waals surface area contributed by atoms with E-state index in [0.717, 1.165) is 27.7 Å². The van der Waals surface area contributed by atoms with Crippen molar-refractivity contribution in [1.82, 2.24) is 21.3 Å². The van der Waals surface area contributed by atoms with Gasteiger partial charge in [-0.1, -0.05) is 0 Å². The van der Waals surface area contributed by atoms with Crippen LogP contribution in [-0.4, -0.2) is 590 Å². The molecule has 61 heteroatoms. The van der Waals surface area contributed by atoms with Gasteiger partial charge in [-0.3, -0.25) is 19.2 Å². The molecule has 0 bridgehead atoms. The monoisotopic (exact) mass is 2020 g/mol. The maximum atomic E-state index is 13.7. The molecule has 4 amide bonds. The van der Waals surface area contributed by atoms with Crippen LogP contribution >= 0.6 is 0 Å². The Balaban J connectivity index is 0.843. The Labute approximate surface area is 780 Å². The van der Waals surface area contributed by atoms with Crippen LogP contribution in [0.4, 0.5) is 0 Å². The lowest BCUT2D eigenvalue weighted by molar-refractivity contribution is -0.401. The first-order valence-electron chi connectivity index (χ1n) is 44.0. The fourth-order valence-electron chi connectivity index (χ4n) is 17.9. The molecule has 1 unspecified atom stereocenters. The quantitative estimate of drug-likeness (QED) is 0.0277. The van der Waals surface area contributed by atoms with E-state index >= 15 is 0 Å². The molecule has 11 aliphatic rings. The minimum absolute atomic E-state index is 0.839. The van der Waals surface area contributed by atoms with Gasteiger partial charge in [0.15, 0.2) is 62.9 Å². The lowest BCUT2D eigenvalue weighted by Crippen LogP contribution is -2.71. The Morgan fingerprint density at radius 3 is 1.12 bits per heavy atom. The number of hydrogen-bond acceptors (Lipinski definition) is 56. The van der Waals surface area contributed by atoms with Gasteiger partial charge in [-0.25, -0.2) is 4.79 Å². The van der Waals surface area contributed by atoms with E-state index in [-0.39, 0.29) is 0 Å². The largest absolute Gasteiger partial charge is 0.477 e. The van der Waals surface area contributed by atoms with Crippen LogP contribution in [-0.2, 0) is 123 Å². The van der Waals surface area contributed by atoms with Crippen molar-refractivity contribution in [2.24, 2.45) is 0 Å². The molecule has 0 aliphatic carbocycles. The summed E-state index contributed by atoms with van der Waals surface area (Å²) in [5.41, 5.74) is 0. The van der Waals surface area contributed by atoms with E-state index in [0.29, 0.717) is 0 Å². The Hall–Kier alpha value is -4.69. The number of carbonyl (C=O) groups is 5. The SMILES string of the molecule is CC(=O)N[C@H]1[C@H](O[C@H]2[C@@H](O)[C@@H](CO)O[C@@H](O[C@H]3[C@H](O)[C@@H](NC(C)=O)[C@H](OC[C@H]4O[C@@H](O[C@H]5[C@H](O)[C@@H](O)C(O)O[C@@H]5CO)[C@H](O)[C@@H](O[C@@H]5O[C@H](CO)[C@@H](O[C@@H]6O[C@@H](C)[C@@H](O)[C@@H](O)[C@@H]6O)[C@H](O[C@@H]6O[C@H](CO)[C@H](O)[C@H](O)[C@H]6O[C@@H]6O[C@@H](C)[C@@H](O)[C@@H](O)[C@@H]6O)[C@H]5NC(C)=O)[C@H]4O)O[C@@H]3CO)[C@@H]2O)O[C@H](CO)[C@@H](O[C@@H]2O[C@H](CO[C@]3(C(=O)O)C[C@H](O)[C@@H](NC(C)=O)[C@H]([C@H](O)[C@H](O)CO)O3)[C@H](O)[C@H](O)[C@H]2O)[C@@H]1O. The van der Waals surface area contributed by atoms with Gasteiger partial charge in [0.25, 0.3) is 5.79 Å². The third kappa shape index (κ3) is 24.7. The molecule has 798 valence electrons. The van der Waals surface area contributed by atoms with E-state index in [1.54, 1.807) is 0 Å². The maximum absolute atomic E-state index is 13.7. The first-order valence-corrected chi connectivity index (χ1v) is 44.0. The van der Waals surface area contributed by atoms with E-state index < -0.39 is 439 Å². The van der Waals surface area contributed by atoms with E-state index in [4.69, 9.17) is 99.5 Å². The Morgan fingerprint density at radius 1 is 0.312 bits per heavy atom. The fourth-order valence-corrected chi connectivity index (χ4v) is 17.9. The molecule has 0 aromatic carbocycles. The number of ether oxygens (including phenoxy) is 21. The van der Waals surface area contributed by atoms with Gasteiger partial charge in [0.1, 0.15) is 250 Å². The van der Waals surface area contributed by atoms with E-state index in [2.05, 4.69) is 21.3 Å². The van der Waals surface area contributed by atoms with Crippen molar-refractivity contribution in [1.29, 1.82) is 0 Å². The predicted octanol–water partition coefficient (Wildman–Crippen LogP) is -23.1. The van der Waals surface area contributed by atoms with Crippen LogP contribution in [0, 0.1) is 0 Å². The predicted molar refractivity (Wildman–Crippen MR) is 423 cm³/mol. The number of rotatable bonds is 36. The van der Waals surface area contributed by atoms with Gasteiger partial charge in [-0.15, -0.1) is 0 Å². The van der Waals surface area contributed by atoms with Crippen LogP contribution in [0.3, 0.4) is 0 Å². The smallest absolute Gasteiger partial charge is 0.364 e. The number of carboxylic acids is 1. The van der Waals surface area contributed by atoms with Crippen LogP contribution in [0.15, 0.2) is 0 Å². The molecule has 0 radical (unpaired) electrons. The lowest BCUT2D eigenvalue weighted by Gasteiger charge is -2.52. The van der Waals surface area contributed by atoms with Crippen molar-refractivity contribution in [3.63, 3.8) is 0 Å². The average Bonchev–Trinajstić information content (AvgIpc) is 0.765. The van der Waals surface area contributed by atoms with Gasteiger partial charge < -0.3 is 279 Å². The summed E-state index contributed by atoms with van der Waals surface area (Å²) >= 11 is 0. The first kappa shape index (κ1) is 114. The van der Waals surface area contributed by atoms with E-state index in [1.165, 1.54) is 13.8 Å². The molecule has 0 aromatic heterocycles. The number of carboxylic acid groups (broad SMARTS) is 1. The van der Waals surface area contributed by atoms with E-state index in [9.17, 15) is 182 Å². The topological polar surface area (TPSA) is 954 Å². The summed E-state index contributed by atoms with van der Waals surface area (Å²) in [5, 5.41) is 356. The Bertz CT molecular complexity index is 3860. The molecule has 35 N–H and O–H groups in total. The summed E-state index contributed by atoms with van der Waals surface area (Å²) in [6.45, 7) is -4.65. The molecule has 0 aromatic rings. The van der Waals surface area contributed by atoms with Crippen molar-refractivity contribution < 1.29 is 282 Å². The van der Waals surface area contributed by atoms with E-state index in [1.807, 2.05) is 0 Å². The standard InChI is InChI=1S/C77H128N4O57/c1-17-37(95)46(104)52(110)70(120-17)133-60-30(14-88)127-69(36(81-22(6)92)62(60)134-75-65(49(107)40(98)25(9-83)124-75)137-71-53(111)47(105)38(96)18(2)121-71)136-64-43(101)31(128-74(56(64)114)132-59-27(11-85)122-66(115)51(109)50(59)108)15-118-67-34(79-20(4)90)44(102)57(28(12-86)125-67)131-73-55(113)63(42(100)26(10-84)123-73)135-68-35(80-21(5)91)45(103)58(29(13-87)126-68)130-72-54(112)48(106)41(99)32(129-72)16-119-77(76(116)117)7-23(93)33(78-19(3)89)61(138-77)39(97)24(94)8-82/h17-18,23-75,82-88,93-115H,7-16H2,1-6H3,(H,78,89)(H,79,90)(H,80,91)(H,81,92)(H,116,117)/t17-,18-,23-,24+,25+,26+,27+,28+,29+,30+,31+,32+,33+,34+,35+,36+,37+,38+,39+,40-,41-,42-,43-,44+,45+,46+,47+,48-,49-,50+,51+,52-,53-,54+,55+,56+,57+,58+,59+,60+,61+,62+,63-,64-,65+,66?,67+,68-,69-,70-,71-,72-,73-,74-,75-,77+/m0/s1. The van der Waals surface area contributed by atoms with Gasteiger partial charge in [0.2, 0.25) is 23.6 Å². The minimum Gasteiger partial charge on any atom is -0.477 e. The lowest BCUT2D eigenvalue weighted by atomic mass is 9.88. The van der Waals surface area contributed by atoms with Gasteiger partial charge in [-0.2, -0.15) is 0 Å². The fraction of sp³-hybridized carbons (Fsp3) is 0.935. The summed E-state index contributed by atoms with van der Waals surface area (Å²) in [5.74, 6) is -9.03. The molecular weight excluding hydrogens is 1890 g/mol. The molecule has 11 aliphatic heterocycles. The summed E-state index contributed by atoms with van der Waals surface area (Å²) in [6, 6.07) is -7.83. The number of aliphatic carboxylic acids is 1. The molecule has 138 heavy (non-hydrogen) atoms. The van der Waals surface area contributed by atoms with Crippen molar-refractivity contribution >= 4 is 29.6 Å². The number of hydrogen-bond donors (Lipinski definition) is 35. The average molecular weight is 2020 g/mol. The van der Waals surface area contributed by atoms with Crippen LogP contribution < -0.4 is 21.3 Å². The van der Waals surface area contributed by atoms with Crippen molar-refractivity contribution in [3.8, 4) is 0 Å². The van der Waals surface area contributed by atoms with Crippen LogP contribution in [0.2, 0.25) is 0 Å². The highest BCUT2D eigenvalue weighted by atomic mass is 16.8. The highest BCUT2D eigenvalue weighted by Crippen LogP contribution is 2.43. The normalized spacial score (nSPS) is 49.1. The molecular formula is C77H128N4O57. The minimum atomic E-state index is -3.08. The molecule has 11 saturated heterocycles. The number of aliphatic hydroxyl groups is 30. The van der Waals surface area contributed by atoms with Gasteiger partial charge in [-0.05, 0) is 13.8 Å². The summed E-state index contributed by atoms with van der Waals surface area (Å²) in [4.78, 5) is 65.2. The zero-order valence-electron chi connectivity index (χ0n) is 74.3. The summed E-state index contributed by atoms with van der Waals surface area (Å²) in [6.07, 6.45) is -110. The van der Waals surface area contributed by atoms with Crippen molar-refractivity contribution in [2.75, 3.05) is 59.5 Å². The number of amides is 4. The zero-order chi connectivity index (χ0) is 102. The molecule has 11 heterocycles. The second kappa shape index (κ2) is 48.8. The zero-order valence-corrected chi connectivity index (χ0v) is 74.3. The second-order valence-corrected chi connectivity index (χ2v) is 35.2. The summed E-state index contributed by atoms with van der Waals surface area (Å²) < 4.78 is 125. The molecule has 0 spiro atoms. The second-order valence-electron chi connectivity index (χ2n) is 35.2. The molecule has 11 fully saturated rings. The number of carbonyl (C=O) groups excluding carboxylic acids is 4. The molecule has 0 saturated carbocycles. The molecule has 61 nitrogen and oxygen atoms in total.